The van der Waals surface area contributed by atoms with E-state index >= 15 is 0 Å². The normalized spacial score (nSPS) is 14.1. The number of nitrogens with zero attached hydrogens (tertiary/aromatic N) is 2. The van der Waals surface area contributed by atoms with Gasteiger partial charge in [0.1, 0.15) is 17.4 Å². The minimum atomic E-state index is -0.537. The molecule has 7 heteroatoms. The molecule has 0 bridgehead atoms. The van der Waals surface area contributed by atoms with Crippen LogP contribution in [0.2, 0.25) is 0 Å². The second-order valence-corrected chi connectivity index (χ2v) is 7.51. The van der Waals surface area contributed by atoms with Gasteiger partial charge in [-0.25, -0.2) is 0 Å². The van der Waals surface area contributed by atoms with Crippen LogP contribution in [0.25, 0.3) is 0 Å². The van der Waals surface area contributed by atoms with E-state index in [9.17, 15) is 20.0 Å². The topological polar surface area (TPSA) is 92.3 Å². The lowest BCUT2D eigenvalue weighted by Crippen LogP contribution is -2.29. The van der Waals surface area contributed by atoms with Gasteiger partial charge in [-0.2, -0.15) is 5.26 Å². The van der Waals surface area contributed by atoms with Crippen molar-refractivity contribution >= 4 is 21.7 Å². The Morgan fingerprint density at radius 2 is 1.96 bits per heavy atom. The van der Waals surface area contributed by atoms with Gasteiger partial charge in [0.05, 0.1) is 5.56 Å². The summed E-state index contributed by atoms with van der Waals surface area (Å²) >= 11 is 3.33. The first-order valence-corrected chi connectivity index (χ1v) is 9.53. The highest BCUT2D eigenvalue weighted by molar-refractivity contribution is 9.10. The van der Waals surface area contributed by atoms with Crippen molar-refractivity contribution in [3.8, 4) is 17.7 Å². The lowest BCUT2D eigenvalue weighted by Gasteiger charge is -2.20. The van der Waals surface area contributed by atoms with E-state index in [0.29, 0.717) is 5.75 Å². The van der Waals surface area contributed by atoms with Crippen LogP contribution in [0.3, 0.4) is 0 Å². The van der Waals surface area contributed by atoms with Gasteiger partial charge < -0.3 is 9.84 Å². The third-order valence-corrected chi connectivity index (χ3v) is 5.43. The van der Waals surface area contributed by atoms with Crippen LogP contribution >= 0.6 is 15.9 Å². The second kappa shape index (κ2) is 7.97. The smallest absolute Gasteiger partial charge is 0.271 e. The fourth-order valence-electron chi connectivity index (χ4n) is 3.51. The molecule has 140 valence electrons. The zero-order valence-corrected chi connectivity index (χ0v) is 16.5. The second-order valence-electron chi connectivity index (χ2n) is 6.59. The van der Waals surface area contributed by atoms with Crippen LogP contribution in [-0.2, 0) is 0 Å². The van der Waals surface area contributed by atoms with Gasteiger partial charge in [-0.3, -0.25) is 14.2 Å². The summed E-state index contributed by atoms with van der Waals surface area (Å²) in [5, 5.41) is 20.1. The number of carbonyl (C=O) groups is 1. The Kier molecular flexibility index (Phi) is 5.66. The molecule has 6 nitrogen and oxygen atoms in total. The van der Waals surface area contributed by atoms with Gasteiger partial charge in [0.2, 0.25) is 11.7 Å². The highest BCUT2D eigenvalue weighted by atomic mass is 79.9. The van der Waals surface area contributed by atoms with Gasteiger partial charge in [0.25, 0.3) is 5.56 Å². The highest BCUT2D eigenvalue weighted by Crippen LogP contribution is 2.34. The minimum absolute atomic E-state index is 0.0184. The molecule has 1 N–H and O–H groups in total. The summed E-state index contributed by atoms with van der Waals surface area (Å²) in [5.41, 5.74) is -0.467. The largest absolute Gasteiger partial charge is 0.494 e. The van der Waals surface area contributed by atoms with Crippen molar-refractivity contribution in [1.82, 2.24) is 4.57 Å². The number of nitriles is 1. The zero-order valence-electron chi connectivity index (χ0n) is 14.9. The number of carbonyl (C=O) groups excluding carboxylic acids is 1. The molecule has 1 aliphatic carbocycles. The standard InChI is InChI=1S/C20H19BrN2O4/c1-12-16(10-22)19(25)23(14-4-2-3-5-14)20(26)18(12)17(24)11-27-15-8-6-13(21)7-9-15/h6-9,14,26H,2-5,11H2,1H3. The molecule has 0 aliphatic heterocycles. The number of pyridine rings is 1. The number of ketones is 1. The van der Waals surface area contributed by atoms with E-state index < -0.39 is 11.3 Å². The fourth-order valence-corrected chi connectivity index (χ4v) is 3.77. The molecule has 2 aromatic rings. The predicted molar refractivity (Wildman–Crippen MR) is 103 cm³/mol. The highest BCUT2D eigenvalue weighted by Gasteiger charge is 2.29. The van der Waals surface area contributed by atoms with Crippen molar-refractivity contribution in [1.29, 1.82) is 5.26 Å². The van der Waals surface area contributed by atoms with Gasteiger partial charge in [-0.05, 0) is 49.6 Å². The summed E-state index contributed by atoms with van der Waals surface area (Å²) in [6.45, 7) is 1.20. The molecular formula is C20H19BrN2O4. The number of halogens is 1. The first-order chi connectivity index (χ1) is 12.9. The maximum atomic E-state index is 12.8. The number of Topliss-reactive ketones (excluding diaryl/α,β-unsaturated/α-hetero) is 1. The van der Waals surface area contributed by atoms with Crippen LogP contribution < -0.4 is 10.3 Å². The van der Waals surface area contributed by atoms with E-state index in [-0.39, 0.29) is 35.2 Å². The molecule has 0 amide bonds. The van der Waals surface area contributed by atoms with Crippen molar-refractivity contribution < 1.29 is 14.6 Å². The molecule has 3 rings (SSSR count). The van der Waals surface area contributed by atoms with Crippen LogP contribution in [0.4, 0.5) is 0 Å². The van der Waals surface area contributed by atoms with Crippen molar-refractivity contribution in [2.75, 3.05) is 6.61 Å². The van der Waals surface area contributed by atoms with E-state index in [1.807, 2.05) is 6.07 Å². The third kappa shape index (κ3) is 3.76. The summed E-state index contributed by atoms with van der Waals surface area (Å²) in [5.74, 6) is -0.336. The molecule has 0 unspecified atom stereocenters. The Balaban J connectivity index is 1.97. The van der Waals surface area contributed by atoms with Gasteiger partial charge in [0, 0.05) is 10.5 Å². The maximum Gasteiger partial charge on any atom is 0.271 e. The zero-order chi connectivity index (χ0) is 19.6. The van der Waals surface area contributed by atoms with E-state index in [0.717, 1.165) is 30.2 Å². The Labute approximate surface area is 165 Å². The van der Waals surface area contributed by atoms with Crippen molar-refractivity contribution in [2.45, 2.75) is 38.6 Å². The maximum absolute atomic E-state index is 12.8. The number of aromatic nitrogens is 1. The van der Waals surface area contributed by atoms with Gasteiger partial charge in [0.15, 0.2) is 6.61 Å². The molecule has 1 heterocycles. The average Bonchev–Trinajstić information content (AvgIpc) is 3.16. The Morgan fingerprint density at radius 3 is 2.56 bits per heavy atom. The molecule has 0 radical (unpaired) electrons. The fraction of sp³-hybridized carbons (Fsp3) is 0.350. The number of ether oxygens (including phenoxy) is 1. The van der Waals surface area contributed by atoms with E-state index in [4.69, 9.17) is 4.74 Å². The van der Waals surface area contributed by atoms with Crippen LogP contribution in [0.15, 0.2) is 33.5 Å². The van der Waals surface area contributed by atoms with E-state index in [1.54, 1.807) is 24.3 Å². The SMILES string of the molecule is Cc1c(C(=O)COc2ccc(Br)cc2)c(O)n(C2CCCC2)c(=O)c1C#N. The summed E-state index contributed by atoms with van der Waals surface area (Å²) in [4.78, 5) is 25.4. The molecule has 27 heavy (non-hydrogen) atoms. The van der Waals surface area contributed by atoms with Gasteiger partial charge in [-0.15, -0.1) is 0 Å². The molecule has 1 fully saturated rings. The monoisotopic (exact) mass is 430 g/mol. The Morgan fingerprint density at radius 1 is 1.33 bits per heavy atom. The minimum Gasteiger partial charge on any atom is -0.494 e. The van der Waals surface area contributed by atoms with E-state index in [1.165, 1.54) is 11.5 Å². The molecule has 0 saturated heterocycles. The lowest BCUT2D eigenvalue weighted by atomic mass is 10.0. The van der Waals surface area contributed by atoms with Crippen LogP contribution in [-0.4, -0.2) is 22.1 Å². The predicted octanol–water partition coefficient (Wildman–Crippen LogP) is 3.87. The Bertz CT molecular complexity index is 967. The molecule has 1 saturated carbocycles. The lowest BCUT2D eigenvalue weighted by molar-refractivity contribution is 0.0916. The first kappa shape index (κ1) is 19.2. The molecular weight excluding hydrogens is 412 g/mol. The quantitative estimate of drug-likeness (QED) is 0.726. The summed E-state index contributed by atoms with van der Waals surface area (Å²) in [6, 6.07) is 8.70. The van der Waals surface area contributed by atoms with Crippen molar-refractivity contribution in [2.24, 2.45) is 0 Å². The number of rotatable bonds is 5. The van der Waals surface area contributed by atoms with Crippen molar-refractivity contribution in [3.05, 3.63) is 55.8 Å². The molecule has 1 aromatic carbocycles. The number of hydrogen-bond donors (Lipinski definition) is 1. The summed E-state index contributed by atoms with van der Waals surface area (Å²) < 4.78 is 7.60. The molecule has 1 aliphatic rings. The summed E-state index contributed by atoms with van der Waals surface area (Å²) in [7, 11) is 0. The average molecular weight is 431 g/mol. The van der Waals surface area contributed by atoms with E-state index in [2.05, 4.69) is 15.9 Å². The molecule has 0 spiro atoms. The number of hydrogen-bond acceptors (Lipinski definition) is 5. The first-order valence-electron chi connectivity index (χ1n) is 8.73. The van der Waals surface area contributed by atoms with Crippen LogP contribution in [0.5, 0.6) is 11.6 Å². The van der Waals surface area contributed by atoms with Crippen LogP contribution in [0, 0.1) is 18.3 Å². The van der Waals surface area contributed by atoms with Crippen molar-refractivity contribution in [3.63, 3.8) is 0 Å². The third-order valence-electron chi connectivity index (χ3n) is 4.90. The number of aromatic hydroxyl groups is 1. The summed E-state index contributed by atoms with van der Waals surface area (Å²) in [6.07, 6.45) is 3.37. The van der Waals surface area contributed by atoms with Crippen LogP contribution in [0.1, 0.15) is 53.2 Å². The number of benzene rings is 1. The van der Waals surface area contributed by atoms with Gasteiger partial charge >= 0.3 is 0 Å². The molecule has 0 atom stereocenters. The Hall–Kier alpha value is -2.59. The van der Waals surface area contributed by atoms with Gasteiger partial charge in [-0.1, -0.05) is 28.8 Å². The molecule has 1 aromatic heterocycles.